The molecule has 0 bridgehead atoms. The van der Waals surface area contributed by atoms with Crippen LogP contribution in [0.4, 0.5) is 5.69 Å². The lowest BCUT2D eigenvalue weighted by Gasteiger charge is -2.35. The molecular formula is C19H21N3O5. The number of likely N-dealkylation sites (N-methyl/N-ethyl adjacent to an activating group) is 1. The van der Waals surface area contributed by atoms with Crippen LogP contribution in [0.5, 0.6) is 11.5 Å². The fraction of sp³-hybridized carbons (Fsp3) is 0.263. The Morgan fingerprint density at radius 1 is 1.26 bits per heavy atom. The highest BCUT2D eigenvalue weighted by atomic mass is 16.5. The van der Waals surface area contributed by atoms with Crippen LogP contribution in [0, 0.1) is 0 Å². The Labute approximate surface area is 156 Å². The van der Waals surface area contributed by atoms with Crippen molar-refractivity contribution in [1.29, 1.82) is 0 Å². The van der Waals surface area contributed by atoms with E-state index in [9.17, 15) is 9.59 Å². The van der Waals surface area contributed by atoms with Crippen molar-refractivity contribution in [1.82, 2.24) is 10.8 Å². The van der Waals surface area contributed by atoms with Crippen molar-refractivity contribution in [2.45, 2.75) is 12.6 Å². The second-order valence-electron chi connectivity index (χ2n) is 6.07. The molecule has 8 heteroatoms. The van der Waals surface area contributed by atoms with Gasteiger partial charge in [0, 0.05) is 19.2 Å². The predicted octanol–water partition coefficient (Wildman–Crippen LogP) is 1.33. The second kappa shape index (κ2) is 7.96. The monoisotopic (exact) mass is 371 g/mol. The van der Waals surface area contributed by atoms with E-state index in [0.29, 0.717) is 24.5 Å². The summed E-state index contributed by atoms with van der Waals surface area (Å²) in [5.41, 5.74) is 3.60. The molecule has 2 aromatic carbocycles. The van der Waals surface area contributed by atoms with Gasteiger partial charge < -0.3 is 19.7 Å². The number of carbonyl (C=O) groups excluding carboxylic acids is 2. The van der Waals surface area contributed by atoms with Crippen LogP contribution in [0.1, 0.15) is 15.9 Å². The van der Waals surface area contributed by atoms with E-state index in [1.807, 2.05) is 29.2 Å². The number of hydrogen-bond donors (Lipinski definition) is 3. The molecule has 2 aromatic rings. The fourth-order valence-electron chi connectivity index (χ4n) is 2.96. The smallest absolute Gasteiger partial charge is 0.274 e. The summed E-state index contributed by atoms with van der Waals surface area (Å²) in [4.78, 5) is 25.8. The van der Waals surface area contributed by atoms with Gasteiger partial charge in [-0.2, -0.15) is 0 Å². The maximum Gasteiger partial charge on any atom is 0.274 e. The lowest BCUT2D eigenvalue weighted by Crippen LogP contribution is -2.48. The number of hydroxylamine groups is 1. The zero-order valence-corrected chi connectivity index (χ0v) is 15.1. The van der Waals surface area contributed by atoms with E-state index >= 15 is 0 Å². The Bertz CT molecular complexity index is 838. The summed E-state index contributed by atoms with van der Waals surface area (Å²) in [6, 6.07) is 12.4. The summed E-state index contributed by atoms with van der Waals surface area (Å²) >= 11 is 0. The zero-order valence-electron chi connectivity index (χ0n) is 15.1. The molecule has 0 aliphatic carbocycles. The summed E-state index contributed by atoms with van der Waals surface area (Å²) in [5.74, 6) is 0.414. The van der Waals surface area contributed by atoms with E-state index in [-0.39, 0.29) is 11.5 Å². The minimum Gasteiger partial charge on any atom is -0.497 e. The third-order valence-corrected chi connectivity index (χ3v) is 4.39. The summed E-state index contributed by atoms with van der Waals surface area (Å²) in [5, 5.41) is 11.5. The Hall–Kier alpha value is -3.26. The first-order valence-electron chi connectivity index (χ1n) is 8.40. The van der Waals surface area contributed by atoms with Crippen LogP contribution in [0.15, 0.2) is 42.5 Å². The van der Waals surface area contributed by atoms with Gasteiger partial charge in [0.25, 0.3) is 11.8 Å². The Kier molecular flexibility index (Phi) is 5.46. The van der Waals surface area contributed by atoms with E-state index in [1.54, 1.807) is 31.8 Å². The first kappa shape index (κ1) is 18.5. The number of rotatable bonds is 5. The van der Waals surface area contributed by atoms with Crippen molar-refractivity contribution in [3.8, 4) is 11.5 Å². The van der Waals surface area contributed by atoms with Crippen molar-refractivity contribution in [3.63, 3.8) is 0 Å². The number of ether oxygens (including phenoxy) is 2. The van der Waals surface area contributed by atoms with E-state index in [1.165, 1.54) is 6.07 Å². The molecule has 0 radical (unpaired) electrons. The molecule has 0 saturated carbocycles. The topological polar surface area (TPSA) is 100 Å². The van der Waals surface area contributed by atoms with Gasteiger partial charge in [0.05, 0.1) is 19.3 Å². The molecule has 0 saturated heterocycles. The molecule has 1 aliphatic rings. The maximum absolute atomic E-state index is 12.1. The molecule has 3 N–H and O–H groups in total. The molecule has 1 aliphatic heterocycles. The van der Waals surface area contributed by atoms with E-state index in [4.69, 9.17) is 14.7 Å². The maximum atomic E-state index is 12.1. The number of anilines is 1. The predicted molar refractivity (Wildman–Crippen MR) is 98.2 cm³/mol. The largest absolute Gasteiger partial charge is 0.497 e. The first-order valence-corrected chi connectivity index (χ1v) is 8.40. The highest BCUT2D eigenvalue weighted by molar-refractivity contribution is 5.95. The SMILES string of the molecule is CNC(=O)C1CN(Cc2ccc(OC)cc2)c2cc(C(=O)NO)ccc2O1. The molecule has 2 amide bonds. The molecule has 0 aromatic heterocycles. The first-order chi connectivity index (χ1) is 13.0. The van der Waals surface area contributed by atoms with Crippen molar-refractivity contribution in [3.05, 3.63) is 53.6 Å². The average molecular weight is 371 g/mol. The van der Waals surface area contributed by atoms with Gasteiger partial charge >= 0.3 is 0 Å². The van der Waals surface area contributed by atoms with Crippen molar-refractivity contribution in [2.24, 2.45) is 0 Å². The summed E-state index contributed by atoms with van der Waals surface area (Å²) in [6.45, 7) is 0.834. The van der Waals surface area contributed by atoms with Gasteiger partial charge in [-0.05, 0) is 35.9 Å². The molecule has 27 heavy (non-hydrogen) atoms. The summed E-state index contributed by atoms with van der Waals surface area (Å²) in [6.07, 6.45) is -0.668. The number of hydrogen-bond acceptors (Lipinski definition) is 6. The third-order valence-electron chi connectivity index (χ3n) is 4.39. The molecular weight excluding hydrogens is 350 g/mol. The molecule has 142 valence electrons. The van der Waals surface area contributed by atoms with Crippen molar-refractivity contribution in [2.75, 3.05) is 25.6 Å². The Morgan fingerprint density at radius 2 is 2.00 bits per heavy atom. The van der Waals surface area contributed by atoms with Gasteiger partial charge in [0.2, 0.25) is 0 Å². The zero-order chi connectivity index (χ0) is 19.4. The number of fused-ring (bicyclic) bond motifs is 1. The summed E-state index contributed by atoms with van der Waals surface area (Å²) in [7, 11) is 3.17. The molecule has 1 heterocycles. The van der Waals surface area contributed by atoms with Gasteiger partial charge in [-0.25, -0.2) is 5.48 Å². The highest BCUT2D eigenvalue weighted by Crippen LogP contribution is 2.35. The van der Waals surface area contributed by atoms with Crippen LogP contribution in [0.25, 0.3) is 0 Å². The normalized spacial score (nSPS) is 15.4. The molecule has 1 atom stereocenters. The number of benzene rings is 2. The van der Waals surface area contributed by atoms with Crippen LogP contribution in [-0.4, -0.2) is 43.8 Å². The van der Waals surface area contributed by atoms with E-state index < -0.39 is 12.0 Å². The summed E-state index contributed by atoms with van der Waals surface area (Å²) < 4.78 is 11.0. The number of nitrogens with one attached hydrogen (secondary N) is 2. The number of carbonyl (C=O) groups is 2. The van der Waals surface area contributed by atoms with Gasteiger partial charge in [-0.15, -0.1) is 0 Å². The minimum atomic E-state index is -0.668. The highest BCUT2D eigenvalue weighted by Gasteiger charge is 2.31. The molecule has 0 spiro atoms. The van der Waals surface area contributed by atoms with Gasteiger partial charge in [0.15, 0.2) is 6.10 Å². The molecule has 3 rings (SSSR count). The van der Waals surface area contributed by atoms with Crippen LogP contribution < -0.4 is 25.2 Å². The number of nitrogens with zero attached hydrogens (tertiary/aromatic N) is 1. The van der Waals surface area contributed by atoms with Crippen LogP contribution in [-0.2, 0) is 11.3 Å². The molecule has 8 nitrogen and oxygen atoms in total. The lowest BCUT2D eigenvalue weighted by molar-refractivity contribution is -0.127. The van der Waals surface area contributed by atoms with Gasteiger partial charge in [0.1, 0.15) is 11.5 Å². The fourth-order valence-corrected chi connectivity index (χ4v) is 2.96. The third kappa shape index (κ3) is 3.95. The molecule has 1 unspecified atom stereocenters. The Morgan fingerprint density at radius 3 is 2.63 bits per heavy atom. The van der Waals surface area contributed by atoms with Crippen LogP contribution >= 0.6 is 0 Å². The van der Waals surface area contributed by atoms with Crippen molar-refractivity contribution < 1.29 is 24.3 Å². The van der Waals surface area contributed by atoms with Crippen LogP contribution in [0.2, 0.25) is 0 Å². The number of amides is 2. The Balaban J connectivity index is 1.94. The van der Waals surface area contributed by atoms with Crippen LogP contribution in [0.3, 0.4) is 0 Å². The minimum absolute atomic E-state index is 0.224. The lowest BCUT2D eigenvalue weighted by atomic mass is 10.1. The second-order valence-corrected chi connectivity index (χ2v) is 6.07. The van der Waals surface area contributed by atoms with E-state index in [0.717, 1.165) is 11.3 Å². The van der Waals surface area contributed by atoms with E-state index in [2.05, 4.69) is 5.32 Å². The average Bonchev–Trinajstić information content (AvgIpc) is 2.72. The number of methoxy groups -OCH3 is 1. The quantitative estimate of drug-likeness (QED) is 0.542. The van der Waals surface area contributed by atoms with Gasteiger partial charge in [-0.3, -0.25) is 14.8 Å². The van der Waals surface area contributed by atoms with Crippen molar-refractivity contribution >= 4 is 17.5 Å². The van der Waals surface area contributed by atoms with Gasteiger partial charge in [-0.1, -0.05) is 12.1 Å². The molecule has 0 fully saturated rings. The standard InChI is InChI=1S/C19H21N3O5/c1-20-19(24)17-11-22(10-12-3-6-14(26-2)7-4-12)15-9-13(18(23)21-25)5-8-16(15)27-17/h3-9,17,25H,10-11H2,1-2H3,(H,20,24)(H,21,23).